The lowest BCUT2D eigenvalue weighted by atomic mass is 10.1. The van der Waals surface area contributed by atoms with Crippen LogP contribution in [-0.2, 0) is 0 Å². The van der Waals surface area contributed by atoms with Crippen molar-refractivity contribution >= 4 is 11.4 Å². The van der Waals surface area contributed by atoms with Crippen LogP contribution in [0.4, 0.5) is 11.4 Å². The number of aromatic nitrogens is 2. The van der Waals surface area contributed by atoms with Gasteiger partial charge in [0.05, 0.1) is 10.6 Å². The Bertz CT molecular complexity index is 730. The Morgan fingerprint density at radius 2 is 1.91 bits per heavy atom. The summed E-state index contributed by atoms with van der Waals surface area (Å²) in [6.07, 6.45) is 3.28. The number of nitrogens with one attached hydrogen (secondary N) is 1. The van der Waals surface area contributed by atoms with Crippen molar-refractivity contribution in [2.75, 3.05) is 18.0 Å². The minimum Gasteiger partial charge on any atom is -0.366 e. The molecule has 7 heteroatoms. The first-order valence-electron chi connectivity index (χ1n) is 7.24. The van der Waals surface area contributed by atoms with Crippen molar-refractivity contribution in [2.45, 2.75) is 19.3 Å². The van der Waals surface area contributed by atoms with Crippen molar-refractivity contribution < 1.29 is 4.92 Å². The normalized spacial score (nSPS) is 14.8. The molecule has 0 spiro atoms. The van der Waals surface area contributed by atoms with Crippen LogP contribution in [0.3, 0.4) is 0 Å². The fourth-order valence-electron chi connectivity index (χ4n) is 2.74. The van der Waals surface area contributed by atoms with Crippen LogP contribution >= 0.6 is 0 Å². The Balaban J connectivity index is 2.01. The lowest BCUT2D eigenvalue weighted by Crippen LogP contribution is -2.29. The number of nitrogens with zero attached hydrogens (tertiary/aromatic N) is 3. The van der Waals surface area contributed by atoms with Crippen molar-refractivity contribution in [2.24, 2.45) is 0 Å². The zero-order chi connectivity index (χ0) is 15.5. The van der Waals surface area contributed by atoms with Crippen LogP contribution < -0.4 is 10.5 Å². The first kappa shape index (κ1) is 14.2. The average molecular weight is 300 g/mol. The molecule has 0 atom stereocenters. The number of rotatable bonds is 3. The highest BCUT2D eigenvalue weighted by molar-refractivity contribution is 5.72. The summed E-state index contributed by atoms with van der Waals surface area (Å²) in [6.45, 7) is 1.69. The van der Waals surface area contributed by atoms with E-state index in [-0.39, 0.29) is 16.2 Å². The van der Waals surface area contributed by atoms with Gasteiger partial charge in [0.15, 0.2) is 0 Å². The van der Waals surface area contributed by atoms with E-state index in [9.17, 15) is 14.9 Å². The van der Waals surface area contributed by atoms with Gasteiger partial charge in [-0.15, -0.1) is 0 Å². The predicted molar refractivity (Wildman–Crippen MR) is 83.0 cm³/mol. The molecule has 2 heterocycles. The third-order valence-corrected chi connectivity index (χ3v) is 3.84. The molecule has 0 bridgehead atoms. The minimum atomic E-state index is -0.362. The fraction of sp³-hybridized carbons (Fsp3) is 0.333. The number of piperidine rings is 1. The summed E-state index contributed by atoms with van der Waals surface area (Å²) in [5.41, 5.74) is 1.55. The lowest BCUT2D eigenvalue weighted by molar-refractivity contribution is -0.384. The summed E-state index contributed by atoms with van der Waals surface area (Å²) < 4.78 is 0. The number of aromatic amines is 1. The molecule has 0 radical (unpaired) electrons. The summed E-state index contributed by atoms with van der Waals surface area (Å²) in [5, 5.41) is 17.7. The molecule has 1 N–H and O–H groups in total. The number of benzene rings is 1. The maximum absolute atomic E-state index is 11.4. The third kappa shape index (κ3) is 2.83. The smallest absolute Gasteiger partial charge is 0.293 e. The second-order valence-corrected chi connectivity index (χ2v) is 5.31. The molecule has 0 amide bonds. The maximum Gasteiger partial charge on any atom is 0.293 e. The van der Waals surface area contributed by atoms with Gasteiger partial charge in [0, 0.05) is 30.8 Å². The molecule has 0 unspecified atom stereocenters. The molecule has 1 aromatic heterocycles. The number of H-pyrrole nitrogens is 1. The molecule has 22 heavy (non-hydrogen) atoms. The van der Waals surface area contributed by atoms with Gasteiger partial charge in [-0.05, 0) is 31.4 Å². The standard InChI is InChI=1S/C15H16N4O3/c20-15-7-5-12(16-17-15)11-4-6-13(14(10-11)19(21)22)18-8-2-1-3-9-18/h4-7,10H,1-3,8-9H2,(H,17,20). The first-order valence-corrected chi connectivity index (χ1v) is 7.24. The van der Waals surface area contributed by atoms with Crippen LogP contribution in [-0.4, -0.2) is 28.2 Å². The van der Waals surface area contributed by atoms with E-state index >= 15 is 0 Å². The van der Waals surface area contributed by atoms with Crippen molar-refractivity contribution in [3.05, 3.63) is 50.8 Å². The summed E-state index contributed by atoms with van der Waals surface area (Å²) in [7, 11) is 0. The molecule has 0 saturated carbocycles. The number of anilines is 1. The summed E-state index contributed by atoms with van der Waals surface area (Å²) in [5.74, 6) is 0. The van der Waals surface area contributed by atoms with Crippen molar-refractivity contribution in [1.82, 2.24) is 10.2 Å². The van der Waals surface area contributed by atoms with Gasteiger partial charge in [-0.3, -0.25) is 14.9 Å². The minimum absolute atomic E-state index is 0.0763. The van der Waals surface area contributed by atoms with Crippen LogP contribution in [0.2, 0.25) is 0 Å². The first-order chi connectivity index (χ1) is 10.6. The molecule has 1 aromatic carbocycles. The summed E-state index contributed by atoms with van der Waals surface area (Å²) in [4.78, 5) is 24.2. The summed E-state index contributed by atoms with van der Waals surface area (Å²) >= 11 is 0. The quantitative estimate of drug-likeness (QED) is 0.693. The van der Waals surface area contributed by atoms with Crippen LogP contribution in [0, 0.1) is 10.1 Å². The molecule has 1 fully saturated rings. The molecule has 1 aliphatic rings. The topological polar surface area (TPSA) is 92.1 Å². The highest BCUT2D eigenvalue weighted by atomic mass is 16.6. The second-order valence-electron chi connectivity index (χ2n) is 5.31. The Hall–Kier alpha value is -2.70. The molecular formula is C15H16N4O3. The van der Waals surface area contributed by atoms with Crippen LogP contribution in [0.1, 0.15) is 19.3 Å². The Morgan fingerprint density at radius 3 is 2.55 bits per heavy atom. The van der Waals surface area contributed by atoms with E-state index in [4.69, 9.17) is 0 Å². The van der Waals surface area contributed by atoms with Crippen LogP contribution in [0.5, 0.6) is 0 Å². The van der Waals surface area contributed by atoms with Crippen molar-refractivity contribution in [3.8, 4) is 11.3 Å². The molecular weight excluding hydrogens is 284 g/mol. The SMILES string of the molecule is O=c1ccc(-c2ccc(N3CCCCC3)c([N+](=O)[O-])c2)n[nH]1. The van der Waals surface area contributed by atoms with Crippen LogP contribution in [0.15, 0.2) is 35.1 Å². The van der Waals surface area contributed by atoms with Crippen LogP contribution in [0.25, 0.3) is 11.3 Å². The molecule has 1 saturated heterocycles. The van der Waals surface area contributed by atoms with Gasteiger partial charge in [0.1, 0.15) is 5.69 Å². The number of hydrogen-bond donors (Lipinski definition) is 1. The number of nitro groups is 1. The van der Waals surface area contributed by atoms with E-state index in [0.717, 1.165) is 25.9 Å². The molecule has 7 nitrogen and oxygen atoms in total. The van der Waals surface area contributed by atoms with Gasteiger partial charge in [0.25, 0.3) is 11.2 Å². The molecule has 3 rings (SSSR count). The Kier molecular flexibility index (Phi) is 3.86. The second kappa shape index (κ2) is 5.97. The monoisotopic (exact) mass is 300 g/mol. The molecule has 2 aromatic rings. The van der Waals surface area contributed by atoms with Crippen molar-refractivity contribution in [1.29, 1.82) is 0 Å². The predicted octanol–water partition coefficient (Wildman–Crippen LogP) is 2.34. The molecule has 114 valence electrons. The Labute approximate surface area is 126 Å². The van der Waals surface area contributed by atoms with E-state index in [0.29, 0.717) is 16.9 Å². The fourth-order valence-corrected chi connectivity index (χ4v) is 2.74. The summed E-state index contributed by atoms with van der Waals surface area (Å²) in [6, 6.07) is 8.00. The van der Waals surface area contributed by atoms with E-state index in [1.54, 1.807) is 18.2 Å². The lowest BCUT2D eigenvalue weighted by Gasteiger charge is -2.28. The van der Waals surface area contributed by atoms with Gasteiger partial charge in [-0.25, -0.2) is 5.10 Å². The van der Waals surface area contributed by atoms with Gasteiger partial charge in [0.2, 0.25) is 0 Å². The highest BCUT2D eigenvalue weighted by Gasteiger charge is 2.22. The molecule has 1 aliphatic heterocycles. The van der Waals surface area contributed by atoms with E-state index in [1.807, 2.05) is 0 Å². The van der Waals surface area contributed by atoms with Gasteiger partial charge in [-0.1, -0.05) is 6.07 Å². The largest absolute Gasteiger partial charge is 0.366 e. The number of hydrogen-bond acceptors (Lipinski definition) is 5. The number of nitro benzene ring substituents is 1. The van der Waals surface area contributed by atoms with E-state index in [2.05, 4.69) is 15.1 Å². The zero-order valence-electron chi connectivity index (χ0n) is 12.0. The van der Waals surface area contributed by atoms with E-state index in [1.165, 1.54) is 18.6 Å². The van der Waals surface area contributed by atoms with Crippen molar-refractivity contribution in [3.63, 3.8) is 0 Å². The zero-order valence-corrected chi connectivity index (χ0v) is 12.0. The van der Waals surface area contributed by atoms with Gasteiger partial charge >= 0.3 is 0 Å². The van der Waals surface area contributed by atoms with Gasteiger partial charge < -0.3 is 4.90 Å². The average Bonchev–Trinajstić information content (AvgIpc) is 2.56. The van der Waals surface area contributed by atoms with E-state index < -0.39 is 0 Å². The van der Waals surface area contributed by atoms with Gasteiger partial charge in [-0.2, -0.15) is 5.10 Å². The Morgan fingerprint density at radius 1 is 1.14 bits per heavy atom. The highest BCUT2D eigenvalue weighted by Crippen LogP contribution is 2.33. The third-order valence-electron chi connectivity index (χ3n) is 3.84. The molecule has 0 aliphatic carbocycles. The maximum atomic E-state index is 11.4.